The first-order chi connectivity index (χ1) is 10.3. The van der Waals surface area contributed by atoms with Crippen LogP contribution in [0.3, 0.4) is 0 Å². The lowest BCUT2D eigenvalue weighted by molar-refractivity contribution is 1.30. The third-order valence-corrected chi connectivity index (χ3v) is 8.03. The summed E-state index contributed by atoms with van der Waals surface area (Å²) < 4.78 is 4.64. The van der Waals surface area contributed by atoms with Crippen LogP contribution in [0.1, 0.15) is 5.56 Å². The van der Waals surface area contributed by atoms with Crippen LogP contribution in [-0.2, 0) is 0 Å². The van der Waals surface area contributed by atoms with Gasteiger partial charge in [-0.15, -0.1) is 22.7 Å². The standard InChI is InChI=1S/C15H10N2S4/c1-9-6-7-13-11(8-9)17-15(19-13)21-20-14-16-10-4-2-3-5-12(10)18-14/h2-8H,1H3. The Hall–Kier alpha value is -1.08. The van der Waals surface area contributed by atoms with Crippen molar-refractivity contribution >= 4 is 64.7 Å². The van der Waals surface area contributed by atoms with Crippen LogP contribution in [0.4, 0.5) is 0 Å². The van der Waals surface area contributed by atoms with Gasteiger partial charge in [-0.2, -0.15) is 0 Å². The monoisotopic (exact) mass is 346 g/mol. The molecule has 0 aliphatic carbocycles. The predicted molar refractivity (Wildman–Crippen MR) is 95.7 cm³/mol. The van der Waals surface area contributed by atoms with Crippen LogP contribution in [-0.4, -0.2) is 9.97 Å². The molecule has 6 heteroatoms. The quantitative estimate of drug-likeness (QED) is 0.424. The van der Waals surface area contributed by atoms with Gasteiger partial charge < -0.3 is 0 Å². The molecule has 0 aliphatic heterocycles. The molecule has 4 rings (SSSR count). The summed E-state index contributed by atoms with van der Waals surface area (Å²) in [6.07, 6.45) is 0. The van der Waals surface area contributed by atoms with E-state index in [4.69, 9.17) is 0 Å². The maximum Gasteiger partial charge on any atom is 0.162 e. The lowest BCUT2D eigenvalue weighted by Crippen LogP contribution is -1.71. The minimum atomic E-state index is 1.07. The second kappa shape index (κ2) is 5.61. The zero-order valence-electron chi connectivity index (χ0n) is 11.1. The summed E-state index contributed by atoms with van der Waals surface area (Å²) in [6, 6.07) is 14.7. The molecule has 0 aliphatic rings. The van der Waals surface area contributed by atoms with Crippen molar-refractivity contribution in [3.63, 3.8) is 0 Å². The van der Waals surface area contributed by atoms with Gasteiger partial charge in [-0.05, 0) is 58.3 Å². The van der Waals surface area contributed by atoms with Crippen molar-refractivity contribution in [1.29, 1.82) is 0 Å². The Balaban J connectivity index is 1.57. The summed E-state index contributed by atoms with van der Waals surface area (Å²) in [5.74, 6) is 0. The molecule has 0 saturated heterocycles. The number of fused-ring (bicyclic) bond motifs is 2. The normalized spacial score (nSPS) is 11.5. The van der Waals surface area contributed by atoms with Gasteiger partial charge in [0, 0.05) is 0 Å². The van der Waals surface area contributed by atoms with Crippen LogP contribution in [0.2, 0.25) is 0 Å². The molecule has 104 valence electrons. The molecule has 21 heavy (non-hydrogen) atoms. The van der Waals surface area contributed by atoms with E-state index in [0.29, 0.717) is 0 Å². The third kappa shape index (κ3) is 2.81. The van der Waals surface area contributed by atoms with Crippen LogP contribution < -0.4 is 0 Å². The van der Waals surface area contributed by atoms with Gasteiger partial charge in [0.15, 0.2) is 8.68 Å². The highest BCUT2D eigenvalue weighted by molar-refractivity contribution is 8.77. The highest BCUT2D eigenvalue weighted by Gasteiger charge is 2.08. The van der Waals surface area contributed by atoms with E-state index in [-0.39, 0.29) is 0 Å². The summed E-state index contributed by atoms with van der Waals surface area (Å²) in [7, 11) is 3.38. The first-order valence-electron chi connectivity index (χ1n) is 6.35. The summed E-state index contributed by atoms with van der Waals surface area (Å²) in [6.45, 7) is 2.10. The zero-order valence-corrected chi connectivity index (χ0v) is 14.3. The van der Waals surface area contributed by atoms with E-state index in [1.807, 2.05) is 6.07 Å². The van der Waals surface area contributed by atoms with Crippen LogP contribution in [0.25, 0.3) is 20.4 Å². The summed E-state index contributed by atoms with van der Waals surface area (Å²) in [4.78, 5) is 9.31. The van der Waals surface area contributed by atoms with Crippen molar-refractivity contribution in [2.45, 2.75) is 15.6 Å². The van der Waals surface area contributed by atoms with E-state index in [9.17, 15) is 0 Å². The van der Waals surface area contributed by atoms with Crippen LogP contribution in [0.15, 0.2) is 51.1 Å². The molecule has 0 unspecified atom stereocenters. The lowest BCUT2D eigenvalue weighted by atomic mass is 10.2. The summed E-state index contributed by atoms with van der Waals surface area (Å²) >= 11 is 3.47. The van der Waals surface area contributed by atoms with Crippen molar-refractivity contribution in [2.75, 3.05) is 0 Å². The Morgan fingerprint density at radius 2 is 1.48 bits per heavy atom. The Morgan fingerprint density at radius 1 is 0.810 bits per heavy atom. The Labute approximate surface area is 138 Å². The number of hydrogen-bond acceptors (Lipinski definition) is 6. The average molecular weight is 347 g/mol. The number of thiazole rings is 2. The average Bonchev–Trinajstić information content (AvgIpc) is 3.07. The van der Waals surface area contributed by atoms with Gasteiger partial charge >= 0.3 is 0 Å². The second-order valence-electron chi connectivity index (χ2n) is 4.57. The topological polar surface area (TPSA) is 25.8 Å². The maximum absolute atomic E-state index is 4.68. The van der Waals surface area contributed by atoms with Gasteiger partial charge in [0.2, 0.25) is 0 Å². The van der Waals surface area contributed by atoms with Crippen LogP contribution in [0, 0.1) is 6.92 Å². The molecule has 2 aromatic carbocycles. The fourth-order valence-corrected chi connectivity index (χ4v) is 6.49. The van der Waals surface area contributed by atoms with Gasteiger partial charge in [-0.1, -0.05) is 18.2 Å². The Bertz CT molecular complexity index is 893. The number of para-hydroxylation sites is 1. The highest BCUT2D eigenvalue weighted by atomic mass is 33.1. The van der Waals surface area contributed by atoms with Gasteiger partial charge in [0.05, 0.1) is 20.4 Å². The predicted octanol–water partition coefficient (Wildman–Crippen LogP) is 6.01. The number of aromatic nitrogens is 2. The van der Waals surface area contributed by atoms with Crippen molar-refractivity contribution in [1.82, 2.24) is 9.97 Å². The molecular weight excluding hydrogens is 336 g/mol. The number of rotatable bonds is 3. The number of aryl methyl sites for hydroxylation is 1. The molecule has 0 fully saturated rings. The third-order valence-electron chi connectivity index (χ3n) is 2.98. The fraction of sp³-hybridized carbons (Fsp3) is 0.0667. The first-order valence-corrected chi connectivity index (χ1v) is 10.1. The van der Waals surface area contributed by atoms with Gasteiger partial charge in [0.1, 0.15) is 0 Å². The molecule has 0 amide bonds. The Kier molecular flexibility index (Phi) is 3.62. The minimum absolute atomic E-state index is 1.07. The first kappa shape index (κ1) is 13.6. The maximum atomic E-state index is 4.68. The number of benzene rings is 2. The van der Waals surface area contributed by atoms with E-state index >= 15 is 0 Å². The molecule has 4 aromatic rings. The molecule has 2 nitrogen and oxygen atoms in total. The van der Waals surface area contributed by atoms with Crippen molar-refractivity contribution in [3.8, 4) is 0 Å². The van der Waals surface area contributed by atoms with E-state index in [1.54, 1.807) is 44.3 Å². The van der Waals surface area contributed by atoms with Crippen molar-refractivity contribution in [2.24, 2.45) is 0 Å². The van der Waals surface area contributed by atoms with E-state index in [2.05, 4.69) is 53.3 Å². The second-order valence-corrected chi connectivity index (χ2v) is 9.25. The fourth-order valence-electron chi connectivity index (χ4n) is 2.01. The SMILES string of the molecule is Cc1ccc2sc(SSc3nc4ccccc4s3)nc2c1. The largest absolute Gasteiger partial charge is 0.229 e. The van der Waals surface area contributed by atoms with Crippen LogP contribution >= 0.6 is 44.3 Å². The number of hydrogen-bond donors (Lipinski definition) is 0. The van der Waals surface area contributed by atoms with Crippen LogP contribution in [0.5, 0.6) is 0 Å². The van der Waals surface area contributed by atoms with Crippen molar-refractivity contribution < 1.29 is 0 Å². The zero-order chi connectivity index (χ0) is 14.2. The lowest BCUT2D eigenvalue weighted by Gasteiger charge is -1.90. The molecule has 0 atom stereocenters. The molecule has 0 N–H and O–H groups in total. The minimum Gasteiger partial charge on any atom is -0.229 e. The van der Waals surface area contributed by atoms with E-state index < -0.39 is 0 Å². The molecule has 2 aromatic heterocycles. The Morgan fingerprint density at radius 3 is 2.24 bits per heavy atom. The van der Waals surface area contributed by atoms with Gasteiger partial charge in [-0.25, -0.2) is 9.97 Å². The van der Waals surface area contributed by atoms with Gasteiger partial charge in [-0.3, -0.25) is 0 Å². The van der Waals surface area contributed by atoms with E-state index in [1.165, 1.54) is 15.0 Å². The molecule has 0 bridgehead atoms. The molecule has 0 saturated carbocycles. The van der Waals surface area contributed by atoms with E-state index in [0.717, 1.165) is 19.7 Å². The molecule has 2 heterocycles. The number of nitrogens with zero attached hydrogens (tertiary/aromatic N) is 2. The summed E-state index contributed by atoms with van der Waals surface area (Å²) in [5, 5.41) is 0. The highest BCUT2D eigenvalue weighted by Crippen LogP contribution is 2.43. The van der Waals surface area contributed by atoms with Gasteiger partial charge in [0.25, 0.3) is 0 Å². The summed E-state index contributed by atoms with van der Waals surface area (Å²) in [5.41, 5.74) is 3.42. The molecule has 0 spiro atoms. The smallest absolute Gasteiger partial charge is 0.162 e. The van der Waals surface area contributed by atoms with Crippen molar-refractivity contribution in [3.05, 3.63) is 48.0 Å². The molecular formula is C15H10N2S4. The molecule has 0 radical (unpaired) electrons.